The minimum absolute atomic E-state index is 0.0114. The van der Waals surface area contributed by atoms with Crippen molar-refractivity contribution in [3.63, 3.8) is 0 Å². The number of nitrogens with zero attached hydrogens (tertiary/aromatic N) is 2. The summed E-state index contributed by atoms with van der Waals surface area (Å²) in [7, 11) is 4.83. The zero-order valence-electron chi connectivity index (χ0n) is 35.2. The zero-order chi connectivity index (χ0) is 41.2. The van der Waals surface area contributed by atoms with E-state index >= 15 is 0 Å². The molecule has 4 aliphatic rings. The van der Waals surface area contributed by atoms with Gasteiger partial charge in [0.05, 0.1) is 26.2 Å². The molecule has 0 aromatic heterocycles. The monoisotopic (exact) mass is 776 g/mol. The summed E-state index contributed by atoms with van der Waals surface area (Å²) >= 11 is 0. The fourth-order valence-corrected chi connectivity index (χ4v) is 9.33. The minimum atomic E-state index is -0.892. The van der Waals surface area contributed by atoms with Crippen molar-refractivity contribution in [3.8, 4) is 16.9 Å². The summed E-state index contributed by atoms with van der Waals surface area (Å²) in [5.74, 6) is 0.123. The third kappa shape index (κ3) is 8.92. The smallest absolute Gasteiger partial charge is 0.306 e. The van der Waals surface area contributed by atoms with E-state index in [0.29, 0.717) is 45.5 Å². The number of aliphatic hydroxyl groups is 1. The van der Waals surface area contributed by atoms with Crippen LogP contribution >= 0.6 is 0 Å². The molecule has 1 heterocycles. The summed E-state index contributed by atoms with van der Waals surface area (Å²) in [4.78, 5) is 61.5. The van der Waals surface area contributed by atoms with E-state index in [0.717, 1.165) is 11.3 Å². The minimum Gasteiger partial charge on any atom is -0.496 e. The van der Waals surface area contributed by atoms with Crippen molar-refractivity contribution >= 4 is 29.4 Å². The van der Waals surface area contributed by atoms with Crippen LogP contribution in [0.5, 0.6) is 5.75 Å². The van der Waals surface area contributed by atoms with Gasteiger partial charge in [0.25, 0.3) is 5.91 Å². The fourth-order valence-electron chi connectivity index (χ4n) is 9.33. The lowest BCUT2D eigenvalue weighted by atomic mass is 9.45. The van der Waals surface area contributed by atoms with Crippen molar-refractivity contribution in [2.24, 2.45) is 40.9 Å². The van der Waals surface area contributed by atoms with E-state index < -0.39 is 30.1 Å². The molecule has 308 valence electrons. The number of carbonyl (C=O) groups excluding carboxylic acids is 4. The number of aliphatic hydroxyl groups excluding tert-OH is 1. The van der Waals surface area contributed by atoms with E-state index in [-0.39, 0.29) is 73.0 Å². The second kappa shape index (κ2) is 17.6. The molecule has 4 fully saturated rings. The number of rotatable bonds is 15. The van der Waals surface area contributed by atoms with Crippen molar-refractivity contribution in [2.75, 3.05) is 33.1 Å². The number of benzene rings is 2. The molecule has 6 rings (SSSR count). The first-order valence-electron chi connectivity index (χ1n) is 20.3. The highest BCUT2D eigenvalue weighted by Gasteiger charge is 2.57. The van der Waals surface area contributed by atoms with Gasteiger partial charge in [0, 0.05) is 55.4 Å². The second-order valence-electron chi connectivity index (χ2n) is 17.7. The van der Waals surface area contributed by atoms with E-state index in [1.54, 1.807) is 38.3 Å². The van der Waals surface area contributed by atoms with Crippen LogP contribution in [-0.2, 0) is 30.5 Å². The van der Waals surface area contributed by atoms with Crippen molar-refractivity contribution in [1.82, 2.24) is 15.3 Å². The van der Waals surface area contributed by atoms with Gasteiger partial charge in [-0.2, -0.15) is 5.06 Å². The molecule has 12 heteroatoms. The molecule has 1 aliphatic heterocycles. The van der Waals surface area contributed by atoms with E-state index in [1.807, 2.05) is 52.0 Å². The summed E-state index contributed by atoms with van der Waals surface area (Å²) in [5, 5.41) is 18.7. The number of imide groups is 1. The lowest BCUT2D eigenvalue weighted by molar-refractivity contribution is -0.183. The maximum Gasteiger partial charge on any atom is 0.306 e. The SMILES string of the molecule is CNc1cc(C(=O)N(C)C(=O)CC(C)C)cc(-c2cccc(CN3O[C@@H](CO)[C@@H]([C@H](C)OC(=O)CC(C)C)[C@H]3C(=O)N[C@H]3C[C@H]4C[C@@H]([C@@H]3C)C4(C)C)c2OC)c1. The van der Waals surface area contributed by atoms with Crippen LogP contribution in [0.15, 0.2) is 36.4 Å². The molecule has 2 bridgehead atoms. The summed E-state index contributed by atoms with van der Waals surface area (Å²) < 4.78 is 12.0. The third-order valence-corrected chi connectivity index (χ3v) is 12.6. The Bertz CT molecular complexity index is 1760. The molecular weight excluding hydrogens is 713 g/mol. The Kier molecular flexibility index (Phi) is 13.6. The highest BCUT2D eigenvalue weighted by atomic mass is 16.7. The number of nitrogens with one attached hydrogen (secondary N) is 2. The lowest BCUT2D eigenvalue weighted by Crippen LogP contribution is -2.62. The first-order chi connectivity index (χ1) is 26.4. The van der Waals surface area contributed by atoms with E-state index in [1.165, 1.54) is 13.5 Å². The quantitative estimate of drug-likeness (QED) is 0.176. The molecule has 0 spiro atoms. The van der Waals surface area contributed by atoms with Gasteiger partial charge in [0.1, 0.15) is 24.0 Å². The van der Waals surface area contributed by atoms with Crippen LogP contribution in [0.2, 0.25) is 0 Å². The molecule has 56 heavy (non-hydrogen) atoms. The molecule has 3 aliphatic carbocycles. The molecule has 12 nitrogen and oxygen atoms in total. The maximum atomic E-state index is 14.6. The van der Waals surface area contributed by atoms with Gasteiger partial charge in [0.2, 0.25) is 11.8 Å². The van der Waals surface area contributed by atoms with E-state index in [9.17, 15) is 24.3 Å². The average molecular weight is 777 g/mol. The number of carbonyl (C=O) groups is 4. The molecule has 1 saturated heterocycles. The highest BCUT2D eigenvalue weighted by Crippen LogP contribution is 2.61. The topological polar surface area (TPSA) is 147 Å². The average Bonchev–Trinajstić information content (AvgIpc) is 3.52. The van der Waals surface area contributed by atoms with Crippen molar-refractivity contribution in [2.45, 2.75) is 112 Å². The Morgan fingerprint density at radius 2 is 1.73 bits per heavy atom. The van der Waals surface area contributed by atoms with Gasteiger partial charge < -0.3 is 25.2 Å². The Morgan fingerprint density at radius 1 is 1.04 bits per heavy atom. The Balaban J connectivity index is 1.49. The largest absolute Gasteiger partial charge is 0.496 e. The summed E-state index contributed by atoms with van der Waals surface area (Å²) in [5.41, 5.74) is 3.34. The first-order valence-corrected chi connectivity index (χ1v) is 20.3. The number of para-hydroxylation sites is 1. The van der Waals surface area contributed by atoms with Crippen LogP contribution in [0, 0.1) is 40.9 Å². The molecular formula is C44H64N4O8. The molecule has 3 saturated carbocycles. The number of ether oxygens (including phenoxy) is 2. The van der Waals surface area contributed by atoms with Gasteiger partial charge in [0.15, 0.2) is 0 Å². The van der Waals surface area contributed by atoms with Gasteiger partial charge >= 0.3 is 5.97 Å². The van der Waals surface area contributed by atoms with Crippen molar-refractivity contribution in [1.29, 1.82) is 0 Å². The lowest BCUT2D eigenvalue weighted by Gasteiger charge is -2.62. The van der Waals surface area contributed by atoms with Gasteiger partial charge in [-0.25, -0.2) is 0 Å². The van der Waals surface area contributed by atoms with Crippen LogP contribution in [0.25, 0.3) is 11.1 Å². The number of hydrogen-bond donors (Lipinski definition) is 3. The number of amides is 3. The molecule has 2 aromatic rings. The maximum absolute atomic E-state index is 14.6. The van der Waals surface area contributed by atoms with E-state index in [4.69, 9.17) is 14.3 Å². The number of esters is 1. The predicted octanol–water partition coefficient (Wildman–Crippen LogP) is 6.31. The van der Waals surface area contributed by atoms with Crippen molar-refractivity contribution in [3.05, 3.63) is 47.5 Å². The van der Waals surface area contributed by atoms with Crippen LogP contribution < -0.4 is 15.4 Å². The Hall–Kier alpha value is -4.00. The number of anilines is 1. The van der Waals surface area contributed by atoms with Gasteiger partial charge in [-0.1, -0.05) is 66.7 Å². The zero-order valence-corrected chi connectivity index (χ0v) is 35.2. The third-order valence-electron chi connectivity index (χ3n) is 12.6. The number of fused-ring (bicyclic) bond motifs is 2. The Morgan fingerprint density at radius 3 is 2.32 bits per heavy atom. The molecule has 8 atom stereocenters. The van der Waals surface area contributed by atoms with Crippen LogP contribution in [0.4, 0.5) is 5.69 Å². The molecule has 3 N–H and O–H groups in total. The van der Waals surface area contributed by atoms with Gasteiger partial charge in [-0.15, -0.1) is 0 Å². The number of hydrogen-bond acceptors (Lipinski definition) is 10. The normalized spacial score (nSPS) is 26.0. The fraction of sp³-hybridized carbons (Fsp3) is 0.636. The molecule has 2 aromatic carbocycles. The summed E-state index contributed by atoms with van der Waals surface area (Å²) in [6.45, 7) is 16.1. The number of methoxy groups -OCH3 is 1. The number of hydroxylamine groups is 2. The van der Waals surface area contributed by atoms with Crippen LogP contribution in [0.3, 0.4) is 0 Å². The predicted molar refractivity (Wildman–Crippen MR) is 215 cm³/mol. The highest BCUT2D eigenvalue weighted by molar-refractivity contribution is 6.05. The van der Waals surface area contributed by atoms with Crippen molar-refractivity contribution < 1.29 is 38.6 Å². The van der Waals surface area contributed by atoms with Gasteiger partial charge in [-0.3, -0.25) is 28.9 Å². The molecule has 0 unspecified atom stereocenters. The molecule has 0 radical (unpaired) electrons. The van der Waals surface area contributed by atoms with Crippen LogP contribution in [-0.4, -0.2) is 90.9 Å². The standard InChI is InChI=1S/C44H64N4O8/c1-24(2)15-37(50)47(10)43(53)30-17-29(18-32(19-30)45-9)33-14-12-13-28(41(33)54-11)22-48-40(39(36(23-49)56-48)27(6)55-38(51)16-25(3)4)42(52)46-35-21-31-20-34(26(35)5)44(31,7)8/h12-14,17-19,24-27,31,34-36,39-40,45,49H,15-16,20-23H2,1-11H3,(H,46,52)/t26-,27-,31+,34-,35-,36-,39+,40-/m0/s1. The Labute approximate surface area is 333 Å². The molecule has 3 amide bonds. The van der Waals surface area contributed by atoms with E-state index in [2.05, 4.69) is 31.4 Å². The summed E-state index contributed by atoms with van der Waals surface area (Å²) in [6, 6.07) is 10.1. The van der Waals surface area contributed by atoms with Gasteiger partial charge in [-0.05, 0) is 78.5 Å². The first kappa shape index (κ1) is 43.1. The van der Waals surface area contributed by atoms with Crippen LogP contribution in [0.1, 0.15) is 97.0 Å². The summed E-state index contributed by atoms with van der Waals surface area (Å²) in [6.07, 6.45) is 1.02. The second-order valence-corrected chi connectivity index (χ2v) is 17.7.